The number of amides is 1. The lowest BCUT2D eigenvalue weighted by atomic mass is 9.53. The van der Waals surface area contributed by atoms with Gasteiger partial charge in [0.1, 0.15) is 0 Å². The van der Waals surface area contributed by atoms with Gasteiger partial charge in [-0.2, -0.15) is 0 Å². The van der Waals surface area contributed by atoms with E-state index in [9.17, 15) is 14.9 Å². The number of nitrogens with zero attached hydrogens (tertiary/aromatic N) is 2. The molecule has 26 heavy (non-hydrogen) atoms. The monoisotopic (exact) mass is 357 g/mol. The number of carbonyl (C=O) groups excluding carboxylic acids is 1. The van der Waals surface area contributed by atoms with Crippen LogP contribution < -0.4 is 5.32 Å². The van der Waals surface area contributed by atoms with E-state index < -0.39 is 4.92 Å². The minimum Gasteiger partial charge on any atom is -0.386 e. The summed E-state index contributed by atoms with van der Waals surface area (Å²) in [6.07, 6.45) is 8.67. The van der Waals surface area contributed by atoms with Crippen LogP contribution >= 0.6 is 0 Å². The Kier molecular flexibility index (Phi) is 4.38. The van der Waals surface area contributed by atoms with E-state index in [1.165, 1.54) is 37.6 Å². The summed E-state index contributed by atoms with van der Waals surface area (Å²) >= 11 is 0. The highest BCUT2D eigenvalue weighted by atomic mass is 16.6. The van der Waals surface area contributed by atoms with E-state index in [4.69, 9.17) is 4.84 Å². The van der Waals surface area contributed by atoms with E-state index in [0.717, 1.165) is 37.0 Å². The molecule has 0 aliphatic heterocycles. The third-order valence-corrected chi connectivity index (χ3v) is 6.00. The van der Waals surface area contributed by atoms with Crippen molar-refractivity contribution in [2.45, 2.75) is 44.1 Å². The van der Waals surface area contributed by atoms with Gasteiger partial charge in [-0.15, -0.1) is 0 Å². The highest BCUT2D eigenvalue weighted by Crippen LogP contribution is 2.55. The molecule has 4 bridgehead atoms. The van der Waals surface area contributed by atoms with Gasteiger partial charge in [-0.05, 0) is 56.3 Å². The Morgan fingerprint density at radius 3 is 2.54 bits per heavy atom. The van der Waals surface area contributed by atoms with Gasteiger partial charge in [0.15, 0.2) is 6.61 Å². The first-order chi connectivity index (χ1) is 12.5. The van der Waals surface area contributed by atoms with Gasteiger partial charge >= 0.3 is 0 Å². The summed E-state index contributed by atoms with van der Waals surface area (Å²) in [7, 11) is 0. The Morgan fingerprint density at radius 1 is 1.27 bits per heavy atom. The second kappa shape index (κ2) is 6.70. The molecule has 1 aromatic rings. The van der Waals surface area contributed by atoms with Crippen LogP contribution in [0, 0.1) is 27.9 Å². The average molecular weight is 357 g/mol. The Balaban J connectivity index is 1.28. The second-order valence-corrected chi connectivity index (χ2v) is 8.11. The van der Waals surface area contributed by atoms with Gasteiger partial charge < -0.3 is 10.2 Å². The molecule has 4 saturated carbocycles. The topological polar surface area (TPSA) is 93.8 Å². The zero-order valence-corrected chi connectivity index (χ0v) is 14.6. The normalized spacial score (nSPS) is 31.9. The van der Waals surface area contributed by atoms with Crippen molar-refractivity contribution in [1.29, 1.82) is 0 Å². The minimum atomic E-state index is -0.461. The molecule has 7 nitrogen and oxygen atoms in total. The third kappa shape index (κ3) is 3.57. The molecule has 4 fully saturated rings. The fourth-order valence-electron chi connectivity index (χ4n) is 5.51. The summed E-state index contributed by atoms with van der Waals surface area (Å²) in [5.74, 6) is 2.18. The van der Waals surface area contributed by atoms with Crippen LogP contribution in [-0.4, -0.2) is 29.2 Å². The molecule has 0 saturated heterocycles. The van der Waals surface area contributed by atoms with Gasteiger partial charge in [0, 0.05) is 23.2 Å². The van der Waals surface area contributed by atoms with E-state index in [1.54, 1.807) is 12.1 Å². The van der Waals surface area contributed by atoms with Crippen LogP contribution in [0.3, 0.4) is 0 Å². The Morgan fingerprint density at radius 2 is 1.92 bits per heavy atom. The van der Waals surface area contributed by atoms with Gasteiger partial charge in [-0.25, -0.2) is 0 Å². The molecule has 1 N–H and O–H groups in total. The van der Waals surface area contributed by atoms with Crippen LogP contribution in [0.2, 0.25) is 0 Å². The maximum Gasteiger partial charge on any atom is 0.270 e. The summed E-state index contributed by atoms with van der Waals surface area (Å²) in [5.41, 5.74) is 0.521. The number of oxime groups is 1. The maximum absolute atomic E-state index is 12.3. The number of nitro groups is 1. The second-order valence-electron chi connectivity index (χ2n) is 8.11. The number of nitrogens with one attached hydrogen (secondary N) is 1. The average Bonchev–Trinajstić information content (AvgIpc) is 2.57. The Bertz CT molecular complexity index is 711. The zero-order valence-electron chi connectivity index (χ0n) is 14.6. The van der Waals surface area contributed by atoms with Gasteiger partial charge in [0.05, 0.1) is 11.1 Å². The summed E-state index contributed by atoms with van der Waals surface area (Å²) < 4.78 is 0. The smallest absolute Gasteiger partial charge is 0.270 e. The van der Waals surface area contributed by atoms with Gasteiger partial charge in [-0.1, -0.05) is 17.3 Å². The number of benzene rings is 1. The molecule has 0 aromatic heterocycles. The number of hydrogen-bond donors (Lipinski definition) is 1. The fraction of sp³-hybridized carbons (Fsp3) is 0.579. The van der Waals surface area contributed by atoms with Crippen molar-refractivity contribution in [3.05, 3.63) is 39.9 Å². The van der Waals surface area contributed by atoms with Gasteiger partial charge in [0.2, 0.25) is 0 Å². The molecule has 4 aliphatic rings. The highest BCUT2D eigenvalue weighted by Gasteiger charge is 2.51. The molecular formula is C19H23N3O4. The van der Waals surface area contributed by atoms with Crippen molar-refractivity contribution >= 4 is 17.8 Å². The van der Waals surface area contributed by atoms with E-state index in [-0.39, 0.29) is 23.7 Å². The number of carbonyl (C=O) groups is 1. The van der Waals surface area contributed by atoms with Crippen molar-refractivity contribution in [3.63, 3.8) is 0 Å². The fourth-order valence-corrected chi connectivity index (χ4v) is 5.51. The van der Waals surface area contributed by atoms with Crippen molar-refractivity contribution in [2.24, 2.45) is 22.9 Å². The Hall–Kier alpha value is -2.44. The molecule has 0 unspecified atom stereocenters. The summed E-state index contributed by atoms with van der Waals surface area (Å²) in [6, 6.07) is 6.09. The van der Waals surface area contributed by atoms with Crippen molar-refractivity contribution in [3.8, 4) is 0 Å². The molecule has 5 rings (SSSR count). The molecular weight excluding hydrogens is 334 g/mol. The molecule has 0 atom stereocenters. The number of hydrogen-bond acceptors (Lipinski definition) is 5. The van der Waals surface area contributed by atoms with Crippen LogP contribution in [0.5, 0.6) is 0 Å². The number of non-ortho nitro benzene ring substituents is 1. The van der Waals surface area contributed by atoms with E-state index in [2.05, 4.69) is 10.5 Å². The van der Waals surface area contributed by atoms with E-state index >= 15 is 0 Å². The first kappa shape index (κ1) is 17.0. The molecule has 1 aromatic carbocycles. The standard InChI is InChI=1S/C19H23N3O4/c23-18(12-26-20-11-13-2-1-3-17(7-13)22(24)25)21-19-8-14-4-15(9-19)6-16(5-14)10-19/h1-3,7,11,14-16H,4-6,8-10,12H2,(H,21,23)/b20-11-. The van der Waals surface area contributed by atoms with Crippen LogP contribution in [0.1, 0.15) is 44.1 Å². The summed E-state index contributed by atoms with van der Waals surface area (Å²) in [4.78, 5) is 27.7. The lowest BCUT2D eigenvalue weighted by Crippen LogP contribution is -2.60. The molecule has 138 valence electrons. The lowest BCUT2D eigenvalue weighted by molar-refractivity contribution is -0.384. The van der Waals surface area contributed by atoms with Crippen molar-refractivity contribution in [1.82, 2.24) is 5.32 Å². The molecule has 0 heterocycles. The predicted molar refractivity (Wildman–Crippen MR) is 95.7 cm³/mol. The zero-order chi connectivity index (χ0) is 18.1. The first-order valence-electron chi connectivity index (χ1n) is 9.22. The lowest BCUT2D eigenvalue weighted by Gasteiger charge is -2.56. The predicted octanol–water partition coefficient (Wildman–Crippen LogP) is 3.03. The SMILES string of the molecule is O=C(CO/N=C\c1cccc([N+](=O)[O-])c1)NC12CC3CC(CC(C3)C1)C2. The molecule has 1 amide bonds. The van der Waals surface area contributed by atoms with E-state index in [1.807, 2.05) is 0 Å². The molecule has 0 spiro atoms. The van der Waals surface area contributed by atoms with Crippen LogP contribution in [0.15, 0.2) is 29.4 Å². The first-order valence-corrected chi connectivity index (χ1v) is 9.22. The molecule has 4 aliphatic carbocycles. The molecule has 7 heteroatoms. The van der Waals surface area contributed by atoms with Crippen LogP contribution in [0.4, 0.5) is 5.69 Å². The van der Waals surface area contributed by atoms with Gasteiger partial charge in [0.25, 0.3) is 11.6 Å². The largest absolute Gasteiger partial charge is 0.386 e. The summed E-state index contributed by atoms with van der Waals surface area (Å²) in [5, 5.41) is 17.7. The Labute approximate surface area is 151 Å². The van der Waals surface area contributed by atoms with Crippen molar-refractivity contribution < 1.29 is 14.6 Å². The minimum absolute atomic E-state index is 0.00601. The van der Waals surface area contributed by atoms with E-state index in [0.29, 0.717) is 5.56 Å². The maximum atomic E-state index is 12.3. The number of rotatable bonds is 6. The third-order valence-electron chi connectivity index (χ3n) is 6.00. The molecule has 0 radical (unpaired) electrons. The quantitative estimate of drug-likeness (QED) is 0.481. The van der Waals surface area contributed by atoms with Crippen LogP contribution in [0.25, 0.3) is 0 Å². The van der Waals surface area contributed by atoms with Gasteiger partial charge in [-0.3, -0.25) is 14.9 Å². The highest BCUT2D eigenvalue weighted by molar-refractivity contribution is 5.81. The van der Waals surface area contributed by atoms with Crippen LogP contribution in [-0.2, 0) is 9.63 Å². The van der Waals surface area contributed by atoms with Crippen molar-refractivity contribution in [2.75, 3.05) is 6.61 Å². The summed E-state index contributed by atoms with van der Waals surface area (Å²) in [6.45, 7) is -0.132. The number of nitro benzene ring substituents is 1.